The Morgan fingerprint density at radius 3 is 2.87 bits per heavy atom. The Balaban J connectivity index is 2.01. The Hall–Kier alpha value is -0.870. The van der Waals surface area contributed by atoms with Crippen LogP contribution < -0.4 is 0 Å². The molecule has 1 aromatic rings. The molecule has 15 heavy (non-hydrogen) atoms. The first kappa shape index (κ1) is 10.6. The molecule has 4 nitrogen and oxygen atoms in total. The van der Waals surface area contributed by atoms with Gasteiger partial charge in [0.05, 0.1) is 12.1 Å². The van der Waals surface area contributed by atoms with Crippen LogP contribution in [0.3, 0.4) is 0 Å². The van der Waals surface area contributed by atoms with Crippen LogP contribution in [0, 0.1) is 5.92 Å². The number of likely N-dealkylation sites (tertiary alicyclic amines) is 1. The lowest BCUT2D eigenvalue weighted by atomic mass is 9.95. The molecule has 0 spiro atoms. The van der Waals surface area contributed by atoms with Gasteiger partial charge >= 0.3 is 0 Å². The molecule has 0 bridgehead atoms. The van der Waals surface area contributed by atoms with Crippen LogP contribution in [-0.2, 0) is 13.6 Å². The highest BCUT2D eigenvalue weighted by molar-refractivity contribution is 4.96. The third-order valence-corrected chi connectivity index (χ3v) is 3.42. The summed E-state index contributed by atoms with van der Waals surface area (Å²) in [5.74, 6) is 1.39. The minimum absolute atomic E-state index is 0.331. The van der Waals surface area contributed by atoms with E-state index in [0.717, 1.165) is 25.5 Å². The molecular weight excluding hydrogens is 190 g/mol. The lowest BCUT2D eigenvalue weighted by molar-refractivity contribution is 0.0362. The normalized spacial score (nSPS) is 32.4. The van der Waals surface area contributed by atoms with Gasteiger partial charge in [0.25, 0.3) is 0 Å². The van der Waals surface area contributed by atoms with Crippen LogP contribution in [0.25, 0.3) is 0 Å². The summed E-state index contributed by atoms with van der Waals surface area (Å²) in [6, 6.07) is 0. The maximum Gasteiger partial charge on any atom is 0.122 e. The average Bonchev–Trinajstić information content (AvgIpc) is 2.60. The largest absolute Gasteiger partial charge is 0.389 e. The van der Waals surface area contributed by atoms with Crippen LogP contribution in [0.5, 0.6) is 0 Å². The summed E-state index contributed by atoms with van der Waals surface area (Å²) in [6.07, 6.45) is 3.76. The molecule has 2 rings (SSSR count). The Kier molecular flexibility index (Phi) is 2.56. The third-order valence-electron chi connectivity index (χ3n) is 3.42. The molecular formula is C11H19N3O. The number of hydrogen-bond donors (Lipinski definition) is 1. The number of imidazole rings is 1. The van der Waals surface area contributed by atoms with Gasteiger partial charge in [-0.25, -0.2) is 4.98 Å². The molecule has 0 amide bonds. The predicted octanol–water partition coefficient (Wildman–Crippen LogP) is 0.623. The summed E-state index contributed by atoms with van der Waals surface area (Å²) < 4.78 is 2.03. The third kappa shape index (κ3) is 2.06. The van der Waals surface area contributed by atoms with Crippen molar-refractivity contribution in [2.24, 2.45) is 13.0 Å². The topological polar surface area (TPSA) is 41.3 Å². The van der Waals surface area contributed by atoms with E-state index in [1.165, 1.54) is 0 Å². The molecule has 2 atom stereocenters. The molecule has 2 heterocycles. The second kappa shape index (κ2) is 3.61. The van der Waals surface area contributed by atoms with E-state index in [1.54, 1.807) is 0 Å². The van der Waals surface area contributed by atoms with Gasteiger partial charge in [0, 0.05) is 32.5 Å². The first-order valence-corrected chi connectivity index (χ1v) is 5.40. The maximum atomic E-state index is 10.1. The van der Waals surface area contributed by atoms with Gasteiger partial charge in [-0.05, 0) is 12.8 Å². The monoisotopic (exact) mass is 209 g/mol. The molecule has 84 valence electrons. The minimum Gasteiger partial charge on any atom is -0.389 e. The van der Waals surface area contributed by atoms with Gasteiger partial charge in [0.15, 0.2) is 0 Å². The number of aliphatic hydroxyl groups is 1. The van der Waals surface area contributed by atoms with Crippen molar-refractivity contribution >= 4 is 0 Å². The first-order valence-electron chi connectivity index (χ1n) is 5.40. The SMILES string of the molecule is C[C@@H]1CN(Cc2nccn2C)C[C@]1(C)O. The highest BCUT2D eigenvalue weighted by Crippen LogP contribution is 2.27. The van der Waals surface area contributed by atoms with E-state index in [1.807, 2.05) is 30.9 Å². The summed E-state index contributed by atoms with van der Waals surface area (Å²) in [6.45, 7) is 6.51. The van der Waals surface area contributed by atoms with Gasteiger partial charge in [-0.15, -0.1) is 0 Å². The van der Waals surface area contributed by atoms with Crippen molar-refractivity contribution in [1.29, 1.82) is 0 Å². The van der Waals surface area contributed by atoms with Crippen molar-refractivity contribution in [3.63, 3.8) is 0 Å². The Bertz CT molecular complexity index is 345. The van der Waals surface area contributed by atoms with E-state index in [0.29, 0.717) is 5.92 Å². The number of rotatable bonds is 2. The predicted molar refractivity (Wildman–Crippen MR) is 58.3 cm³/mol. The molecule has 1 N–H and O–H groups in total. The second-order valence-electron chi connectivity index (χ2n) is 4.88. The zero-order valence-electron chi connectivity index (χ0n) is 9.64. The van der Waals surface area contributed by atoms with E-state index in [2.05, 4.69) is 16.8 Å². The summed E-state index contributed by atoms with van der Waals surface area (Å²) in [5, 5.41) is 10.1. The van der Waals surface area contributed by atoms with E-state index < -0.39 is 5.60 Å². The van der Waals surface area contributed by atoms with E-state index in [-0.39, 0.29) is 0 Å². The molecule has 1 aromatic heterocycles. The van der Waals surface area contributed by atoms with Crippen molar-refractivity contribution in [3.05, 3.63) is 18.2 Å². The summed E-state index contributed by atoms with van der Waals surface area (Å²) in [4.78, 5) is 6.55. The molecule has 1 aliphatic heterocycles. The lowest BCUT2D eigenvalue weighted by Crippen LogP contribution is -2.33. The number of β-amino-alcohol motifs (C(OH)–C–C–N with tert-alkyl or cyclic N) is 1. The Labute approximate surface area is 90.5 Å². The van der Waals surface area contributed by atoms with Crippen molar-refractivity contribution in [2.75, 3.05) is 13.1 Å². The van der Waals surface area contributed by atoms with Gasteiger partial charge < -0.3 is 9.67 Å². The Morgan fingerprint density at radius 2 is 2.40 bits per heavy atom. The molecule has 0 aliphatic carbocycles. The molecule has 0 unspecified atom stereocenters. The zero-order chi connectivity index (χ0) is 11.1. The van der Waals surface area contributed by atoms with Crippen LogP contribution >= 0.6 is 0 Å². The summed E-state index contributed by atoms with van der Waals surface area (Å²) in [5.41, 5.74) is -0.550. The number of aromatic nitrogens is 2. The van der Waals surface area contributed by atoms with Crippen LogP contribution in [0.4, 0.5) is 0 Å². The highest BCUT2D eigenvalue weighted by atomic mass is 16.3. The second-order valence-corrected chi connectivity index (χ2v) is 4.88. The summed E-state index contributed by atoms with van der Waals surface area (Å²) in [7, 11) is 2.00. The van der Waals surface area contributed by atoms with E-state index in [4.69, 9.17) is 0 Å². The zero-order valence-corrected chi connectivity index (χ0v) is 9.64. The van der Waals surface area contributed by atoms with Crippen LogP contribution in [0.2, 0.25) is 0 Å². The van der Waals surface area contributed by atoms with Crippen molar-refractivity contribution in [3.8, 4) is 0 Å². The maximum absolute atomic E-state index is 10.1. The molecule has 4 heteroatoms. The number of nitrogens with zero attached hydrogens (tertiary/aromatic N) is 3. The van der Waals surface area contributed by atoms with Crippen molar-refractivity contribution < 1.29 is 5.11 Å². The van der Waals surface area contributed by atoms with E-state index >= 15 is 0 Å². The Morgan fingerprint density at radius 1 is 1.67 bits per heavy atom. The molecule has 0 saturated carbocycles. The minimum atomic E-state index is -0.550. The molecule has 1 saturated heterocycles. The van der Waals surface area contributed by atoms with Gasteiger partial charge in [0.1, 0.15) is 5.82 Å². The van der Waals surface area contributed by atoms with Crippen LogP contribution in [0.15, 0.2) is 12.4 Å². The summed E-state index contributed by atoms with van der Waals surface area (Å²) >= 11 is 0. The van der Waals surface area contributed by atoms with Gasteiger partial charge in [-0.1, -0.05) is 6.92 Å². The fraction of sp³-hybridized carbons (Fsp3) is 0.727. The van der Waals surface area contributed by atoms with Gasteiger partial charge in [-0.2, -0.15) is 0 Å². The van der Waals surface area contributed by atoms with Crippen LogP contribution in [0.1, 0.15) is 19.7 Å². The molecule has 0 aromatic carbocycles. The van der Waals surface area contributed by atoms with Gasteiger partial charge in [0.2, 0.25) is 0 Å². The van der Waals surface area contributed by atoms with Crippen LogP contribution in [-0.4, -0.2) is 38.2 Å². The molecule has 1 fully saturated rings. The molecule has 0 radical (unpaired) electrons. The quantitative estimate of drug-likeness (QED) is 0.776. The number of hydrogen-bond acceptors (Lipinski definition) is 3. The standard InChI is InChI=1S/C11H19N3O/c1-9-6-14(8-11(9,2)15)7-10-12-4-5-13(10)3/h4-5,9,15H,6-8H2,1-3H3/t9-,11+/m1/s1. The number of aryl methyl sites for hydroxylation is 1. The first-order chi connectivity index (χ1) is 6.99. The molecule has 1 aliphatic rings. The fourth-order valence-corrected chi connectivity index (χ4v) is 2.13. The smallest absolute Gasteiger partial charge is 0.122 e. The lowest BCUT2D eigenvalue weighted by Gasteiger charge is -2.20. The fourth-order valence-electron chi connectivity index (χ4n) is 2.13. The van der Waals surface area contributed by atoms with Gasteiger partial charge in [-0.3, -0.25) is 4.90 Å². The average molecular weight is 209 g/mol. The highest BCUT2D eigenvalue weighted by Gasteiger charge is 2.38. The van der Waals surface area contributed by atoms with Crippen molar-refractivity contribution in [2.45, 2.75) is 26.0 Å². The van der Waals surface area contributed by atoms with Crippen molar-refractivity contribution in [1.82, 2.24) is 14.5 Å². The van der Waals surface area contributed by atoms with E-state index in [9.17, 15) is 5.11 Å².